The summed E-state index contributed by atoms with van der Waals surface area (Å²) in [7, 11) is -3.23. The van der Waals surface area contributed by atoms with Crippen LogP contribution in [0.15, 0.2) is 42.7 Å². The van der Waals surface area contributed by atoms with Gasteiger partial charge >= 0.3 is 0 Å². The van der Waals surface area contributed by atoms with Gasteiger partial charge < -0.3 is 0 Å². The first-order chi connectivity index (χ1) is 14.3. The maximum absolute atomic E-state index is 13.5. The number of amides is 1. The Labute approximate surface area is 180 Å². The summed E-state index contributed by atoms with van der Waals surface area (Å²) >= 11 is 1.50. The second-order valence-corrected chi connectivity index (χ2v) is 10.6. The van der Waals surface area contributed by atoms with Gasteiger partial charge in [0.1, 0.15) is 0 Å². The van der Waals surface area contributed by atoms with Gasteiger partial charge in [0.15, 0.2) is 5.13 Å². The number of sulfonamides is 1. The summed E-state index contributed by atoms with van der Waals surface area (Å²) < 4.78 is 26.1. The molecule has 0 saturated carbocycles. The monoisotopic (exact) mass is 444 g/mol. The van der Waals surface area contributed by atoms with E-state index in [0.29, 0.717) is 37.6 Å². The van der Waals surface area contributed by atoms with E-state index in [1.54, 1.807) is 17.3 Å². The van der Waals surface area contributed by atoms with Crippen molar-refractivity contribution in [1.29, 1.82) is 0 Å². The van der Waals surface area contributed by atoms with Crippen molar-refractivity contribution < 1.29 is 13.2 Å². The van der Waals surface area contributed by atoms with Crippen LogP contribution in [-0.2, 0) is 21.4 Å². The van der Waals surface area contributed by atoms with Crippen LogP contribution in [0.3, 0.4) is 0 Å². The van der Waals surface area contributed by atoms with Crippen LogP contribution in [0, 0.1) is 12.8 Å². The highest BCUT2D eigenvalue weighted by molar-refractivity contribution is 7.88. The normalized spacial score (nSPS) is 16.1. The molecular formula is C21H24N4O3S2. The largest absolute Gasteiger partial charge is 0.283 e. The third-order valence-electron chi connectivity index (χ3n) is 5.44. The number of carbonyl (C=O) groups is 1. The minimum atomic E-state index is -3.23. The van der Waals surface area contributed by atoms with Crippen molar-refractivity contribution in [1.82, 2.24) is 14.3 Å². The average molecular weight is 445 g/mol. The summed E-state index contributed by atoms with van der Waals surface area (Å²) in [6.07, 6.45) is 5.70. The fraction of sp³-hybridized carbons (Fsp3) is 0.381. The van der Waals surface area contributed by atoms with Crippen LogP contribution in [0.25, 0.3) is 10.2 Å². The molecule has 0 aliphatic carbocycles. The van der Waals surface area contributed by atoms with E-state index in [9.17, 15) is 13.2 Å². The topological polar surface area (TPSA) is 83.5 Å². The molecule has 3 heterocycles. The molecule has 7 nitrogen and oxygen atoms in total. The smallest absolute Gasteiger partial charge is 0.232 e. The van der Waals surface area contributed by atoms with Crippen molar-refractivity contribution in [3.63, 3.8) is 0 Å². The van der Waals surface area contributed by atoms with Gasteiger partial charge in [0.05, 0.1) is 23.0 Å². The highest BCUT2D eigenvalue weighted by Gasteiger charge is 2.33. The molecule has 0 unspecified atom stereocenters. The van der Waals surface area contributed by atoms with Crippen molar-refractivity contribution in [3.05, 3.63) is 53.9 Å². The van der Waals surface area contributed by atoms with Crippen molar-refractivity contribution in [2.45, 2.75) is 26.3 Å². The van der Waals surface area contributed by atoms with Gasteiger partial charge in [0, 0.05) is 31.4 Å². The summed E-state index contributed by atoms with van der Waals surface area (Å²) in [6.45, 7) is 3.14. The van der Waals surface area contributed by atoms with Gasteiger partial charge in [-0.05, 0) is 43.0 Å². The molecule has 3 aromatic rings. The zero-order chi connectivity index (χ0) is 21.3. The maximum Gasteiger partial charge on any atom is 0.232 e. The minimum absolute atomic E-state index is 0.0105. The molecule has 1 aliphatic rings. The number of pyridine rings is 1. The molecule has 0 radical (unpaired) electrons. The first-order valence-corrected chi connectivity index (χ1v) is 12.5. The van der Waals surface area contributed by atoms with Crippen molar-refractivity contribution in [2.75, 3.05) is 24.2 Å². The molecule has 1 fully saturated rings. The molecule has 9 heteroatoms. The fourth-order valence-electron chi connectivity index (χ4n) is 3.76. The lowest BCUT2D eigenvalue weighted by molar-refractivity contribution is -0.123. The van der Waals surface area contributed by atoms with E-state index in [-0.39, 0.29) is 11.8 Å². The Balaban J connectivity index is 1.63. The predicted molar refractivity (Wildman–Crippen MR) is 119 cm³/mol. The highest BCUT2D eigenvalue weighted by Crippen LogP contribution is 2.33. The van der Waals surface area contributed by atoms with Crippen molar-refractivity contribution in [3.8, 4) is 0 Å². The number of hydrogen-bond donors (Lipinski definition) is 0. The number of aryl methyl sites for hydroxylation is 1. The summed E-state index contributed by atoms with van der Waals surface area (Å²) in [5, 5.41) is 0.665. The van der Waals surface area contributed by atoms with E-state index in [1.807, 2.05) is 37.3 Å². The van der Waals surface area contributed by atoms with Crippen molar-refractivity contribution >= 4 is 42.6 Å². The lowest BCUT2D eigenvalue weighted by Gasteiger charge is -2.32. The number of benzene rings is 1. The van der Waals surface area contributed by atoms with Gasteiger partial charge in [-0.25, -0.2) is 17.7 Å². The second kappa shape index (κ2) is 8.41. The van der Waals surface area contributed by atoms with Crippen LogP contribution in [0.1, 0.15) is 24.0 Å². The molecule has 4 rings (SSSR count). The molecule has 0 spiro atoms. The summed E-state index contributed by atoms with van der Waals surface area (Å²) in [5.74, 6) is -0.239. The first kappa shape index (κ1) is 20.9. The van der Waals surface area contributed by atoms with Crippen LogP contribution in [-0.4, -0.2) is 47.9 Å². The number of rotatable bonds is 5. The van der Waals surface area contributed by atoms with Crippen LogP contribution in [0.5, 0.6) is 0 Å². The minimum Gasteiger partial charge on any atom is -0.283 e. The molecule has 0 N–H and O–H groups in total. The number of carbonyl (C=O) groups excluding carboxylic acids is 1. The predicted octanol–water partition coefficient (Wildman–Crippen LogP) is 3.20. The average Bonchev–Trinajstić information content (AvgIpc) is 3.17. The zero-order valence-corrected chi connectivity index (χ0v) is 18.6. The maximum atomic E-state index is 13.5. The molecule has 158 valence electrons. The molecule has 1 aliphatic heterocycles. The van der Waals surface area contributed by atoms with Crippen LogP contribution < -0.4 is 4.90 Å². The van der Waals surface area contributed by atoms with Crippen molar-refractivity contribution in [2.24, 2.45) is 5.92 Å². The van der Waals surface area contributed by atoms with E-state index in [1.165, 1.54) is 21.9 Å². The van der Waals surface area contributed by atoms with E-state index in [4.69, 9.17) is 4.98 Å². The molecule has 0 atom stereocenters. The van der Waals surface area contributed by atoms with E-state index < -0.39 is 10.0 Å². The summed E-state index contributed by atoms with van der Waals surface area (Å²) in [4.78, 5) is 24.2. The number of anilines is 1. The summed E-state index contributed by atoms with van der Waals surface area (Å²) in [5.41, 5.74) is 2.91. The van der Waals surface area contributed by atoms with Gasteiger partial charge in [-0.15, -0.1) is 0 Å². The molecule has 1 amide bonds. The molecule has 30 heavy (non-hydrogen) atoms. The Morgan fingerprint density at radius 3 is 2.63 bits per heavy atom. The van der Waals surface area contributed by atoms with Gasteiger partial charge in [-0.1, -0.05) is 29.5 Å². The number of aromatic nitrogens is 2. The zero-order valence-electron chi connectivity index (χ0n) is 17.0. The highest BCUT2D eigenvalue weighted by atomic mass is 32.2. The molecule has 1 aromatic carbocycles. The Hall–Kier alpha value is -2.36. The lowest BCUT2D eigenvalue weighted by Crippen LogP contribution is -2.44. The lowest BCUT2D eigenvalue weighted by atomic mass is 9.96. The quantitative estimate of drug-likeness (QED) is 0.603. The SMILES string of the molecule is Cc1cccc2sc(N(Cc3cccnc3)C(=O)C3CCN(S(C)(=O)=O)CC3)nc12. The van der Waals surface area contributed by atoms with Gasteiger partial charge in [0.2, 0.25) is 15.9 Å². The van der Waals surface area contributed by atoms with Crippen LogP contribution in [0.4, 0.5) is 5.13 Å². The number of hydrogen-bond acceptors (Lipinski definition) is 6. The standard InChI is InChI=1S/C21H24N4O3S2/c1-15-5-3-7-18-19(15)23-21(29-18)25(14-16-6-4-10-22-13-16)20(26)17-8-11-24(12-9-17)30(2,27)28/h3-7,10,13,17H,8-9,11-12,14H2,1-2H3. The third-order valence-corrected chi connectivity index (χ3v) is 7.79. The number of piperidine rings is 1. The van der Waals surface area contributed by atoms with Crippen LogP contribution in [0.2, 0.25) is 0 Å². The van der Waals surface area contributed by atoms with E-state index in [2.05, 4.69) is 4.98 Å². The van der Waals surface area contributed by atoms with Gasteiger partial charge in [-0.3, -0.25) is 14.7 Å². The number of para-hydroxylation sites is 1. The molecular weight excluding hydrogens is 420 g/mol. The second-order valence-electron chi connectivity index (χ2n) is 7.64. The van der Waals surface area contributed by atoms with Gasteiger partial charge in [-0.2, -0.15) is 0 Å². The molecule has 0 bridgehead atoms. The number of thiazole rings is 1. The summed E-state index contributed by atoms with van der Waals surface area (Å²) in [6, 6.07) is 9.82. The van der Waals surface area contributed by atoms with E-state index in [0.717, 1.165) is 21.3 Å². The third kappa shape index (κ3) is 4.38. The number of nitrogens with zero attached hydrogens (tertiary/aromatic N) is 4. The molecule has 1 saturated heterocycles. The van der Waals surface area contributed by atoms with Gasteiger partial charge in [0.25, 0.3) is 0 Å². The Morgan fingerprint density at radius 1 is 1.23 bits per heavy atom. The van der Waals surface area contributed by atoms with Crippen LogP contribution >= 0.6 is 11.3 Å². The fourth-order valence-corrected chi connectivity index (χ4v) is 5.68. The Kier molecular flexibility index (Phi) is 5.86. The van der Waals surface area contributed by atoms with E-state index >= 15 is 0 Å². The Morgan fingerprint density at radius 2 is 2.00 bits per heavy atom. The molecule has 2 aromatic heterocycles. The number of fused-ring (bicyclic) bond motifs is 1. The Bertz CT molecular complexity index is 1150. The first-order valence-electron chi connectivity index (χ1n) is 9.84.